The van der Waals surface area contributed by atoms with E-state index >= 15 is 0 Å². The van der Waals surface area contributed by atoms with Gasteiger partial charge < -0.3 is 5.32 Å². The van der Waals surface area contributed by atoms with Crippen molar-refractivity contribution in [2.45, 2.75) is 12.8 Å². The van der Waals surface area contributed by atoms with Gasteiger partial charge in [0.1, 0.15) is 5.82 Å². The Balaban J connectivity index is 1.81. The Hall–Kier alpha value is -1.43. The number of halogens is 1. The molecule has 1 aliphatic heterocycles. The Bertz CT molecular complexity index is 417. The SMILES string of the molecule is O=C1CCC(=O)N1CCNc1ccc(Br)cn1. The Morgan fingerprint density at radius 3 is 2.59 bits per heavy atom. The van der Waals surface area contributed by atoms with E-state index in [-0.39, 0.29) is 11.8 Å². The molecule has 2 amide bonds. The van der Waals surface area contributed by atoms with E-state index in [2.05, 4.69) is 26.2 Å². The highest BCUT2D eigenvalue weighted by Gasteiger charge is 2.27. The van der Waals surface area contributed by atoms with Crippen LogP contribution in [0.4, 0.5) is 5.82 Å². The number of likely N-dealkylation sites (tertiary alicyclic amines) is 1. The van der Waals surface area contributed by atoms with Crippen LogP contribution in [-0.4, -0.2) is 34.8 Å². The van der Waals surface area contributed by atoms with E-state index in [0.717, 1.165) is 10.3 Å². The molecule has 17 heavy (non-hydrogen) atoms. The highest BCUT2D eigenvalue weighted by Crippen LogP contribution is 2.12. The van der Waals surface area contributed by atoms with Crippen molar-refractivity contribution in [2.24, 2.45) is 0 Å². The predicted molar refractivity (Wildman–Crippen MR) is 66.4 cm³/mol. The first kappa shape index (κ1) is 12.0. The largest absolute Gasteiger partial charge is 0.368 e. The van der Waals surface area contributed by atoms with Gasteiger partial charge in [0, 0.05) is 36.6 Å². The molecule has 5 nitrogen and oxygen atoms in total. The molecule has 1 saturated heterocycles. The van der Waals surface area contributed by atoms with Crippen LogP contribution in [0.1, 0.15) is 12.8 Å². The van der Waals surface area contributed by atoms with E-state index in [4.69, 9.17) is 0 Å². The smallest absolute Gasteiger partial charge is 0.229 e. The van der Waals surface area contributed by atoms with Crippen molar-refractivity contribution in [3.05, 3.63) is 22.8 Å². The molecular formula is C11H12BrN3O2. The van der Waals surface area contributed by atoms with Crippen molar-refractivity contribution in [2.75, 3.05) is 18.4 Å². The number of pyridine rings is 1. The van der Waals surface area contributed by atoms with Crippen LogP contribution in [0.3, 0.4) is 0 Å². The number of carbonyl (C=O) groups is 2. The minimum atomic E-state index is -0.0828. The quantitative estimate of drug-likeness (QED) is 0.854. The zero-order valence-electron chi connectivity index (χ0n) is 9.15. The summed E-state index contributed by atoms with van der Waals surface area (Å²) in [5, 5.41) is 3.06. The number of anilines is 1. The fourth-order valence-electron chi connectivity index (χ4n) is 1.65. The van der Waals surface area contributed by atoms with E-state index in [0.29, 0.717) is 25.9 Å². The van der Waals surface area contributed by atoms with E-state index < -0.39 is 0 Å². The van der Waals surface area contributed by atoms with Gasteiger partial charge in [-0.05, 0) is 28.1 Å². The summed E-state index contributed by atoms with van der Waals surface area (Å²) in [6.45, 7) is 0.918. The molecule has 0 aromatic carbocycles. The van der Waals surface area contributed by atoms with Crippen molar-refractivity contribution in [3.8, 4) is 0 Å². The summed E-state index contributed by atoms with van der Waals surface area (Å²) in [6, 6.07) is 3.71. The Morgan fingerprint density at radius 1 is 1.29 bits per heavy atom. The summed E-state index contributed by atoms with van der Waals surface area (Å²) in [5.74, 6) is 0.563. The number of rotatable bonds is 4. The number of imide groups is 1. The molecule has 0 atom stereocenters. The van der Waals surface area contributed by atoms with Gasteiger partial charge in [-0.3, -0.25) is 14.5 Å². The van der Waals surface area contributed by atoms with Crippen molar-refractivity contribution >= 4 is 33.6 Å². The average molecular weight is 298 g/mol. The zero-order chi connectivity index (χ0) is 12.3. The third kappa shape index (κ3) is 3.03. The molecule has 6 heteroatoms. The van der Waals surface area contributed by atoms with Gasteiger partial charge in [-0.15, -0.1) is 0 Å². The lowest BCUT2D eigenvalue weighted by molar-refractivity contribution is -0.138. The van der Waals surface area contributed by atoms with Crippen LogP contribution in [0, 0.1) is 0 Å². The molecule has 0 bridgehead atoms. The zero-order valence-corrected chi connectivity index (χ0v) is 10.7. The maximum Gasteiger partial charge on any atom is 0.229 e. The van der Waals surface area contributed by atoms with Crippen LogP contribution in [0.2, 0.25) is 0 Å². The fraction of sp³-hybridized carbons (Fsp3) is 0.364. The van der Waals surface area contributed by atoms with E-state index in [1.165, 1.54) is 4.90 Å². The monoisotopic (exact) mass is 297 g/mol. The molecule has 2 heterocycles. The summed E-state index contributed by atoms with van der Waals surface area (Å²) < 4.78 is 0.910. The van der Waals surface area contributed by atoms with E-state index in [1.807, 2.05) is 12.1 Å². The van der Waals surface area contributed by atoms with Crippen molar-refractivity contribution in [3.63, 3.8) is 0 Å². The van der Waals surface area contributed by atoms with Crippen LogP contribution in [0.25, 0.3) is 0 Å². The lowest BCUT2D eigenvalue weighted by atomic mass is 10.4. The number of carbonyl (C=O) groups excluding carboxylic acids is 2. The maximum absolute atomic E-state index is 11.3. The van der Waals surface area contributed by atoms with E-state index in [1.54, 1.807) is 6.20 Å². The minimum Gasteiger partial charge on any atom is -0.368 e. The van der Waals surface area contributed by atoms with Crippen LogP contribution >= 0.6 is 15.9 Å². The molecule has 2 rings (SSSR count). The first-order chi connectivity index (χ1) is 8.16. The van der Waals surface area contributed by atoms with Crippen LogP contribution in [-0.2, 0) is 9.59 Å². The molecule has 1 aliphatic rings. The lowest BCUT2D eigenvalue weighted by Gasteiger charge is -2.14. The molecule has 0 saturated carbocycles. The highest BCUT2D eigenvalue weighted by atomic mass is 79.9. The molecule has 0 unspecified atom stereocenters. The first-order valence-corrected chi connectivity index (χ1v) is 6.15. The van der Waals surface area contributed by atoms with Gasteiger partial charge in [0.05, 0.1) is 0 Å². The molecule has 1 aromatic heterocycles. The second kappa shape index (κ2) is 5.27. The number of hydrogen-bond donors (Lipinski definition) is 1. The van der Waals surface area contributed by atoms with Gasteiger partial charge in [-0.1, -0.05) is 0 Å². The summed E-state index contributed by atoms with van der Waals surface area (Å²) >= 11 is 3.30. The van der Waals surface area contributed by atoms with Crippen molar-refractivity contribution in [1.29, 1.82) is 0 Å². The number of hydrogen-bond acceptors (Lipinski definition) is 4. The molecule has 1 aromatic rings. The summed E-state index contributed by atoms with van der Waals surface area (Å²) in [6.07, 6.45) is 2.37. The van der Waals surface area contributed by atoms with E-state index in [9.17, 15) is 9.59 Å². The van der Waals surface area contributed by atoms with Gasteiger partial charge >= 0.3 is 0 Å². The second-order valence-corrected chi connectivity index (χ2v) is 4.64. The van der Waals surface area contributed by atoms with Gasteiger partial charge in [0.15, 0.2) is 0 Å². The molecule has 90 valence electrons. The third-order valence-corrected chi connectivity index (χ3v) is 2.99. The summed E-state index contributed by atoms with van der Waals surface area (Å²) in [7, 11) is 0. The van der Waals surface area contributed by atoms with Crippen LogP contribution in [0.5, 0.6) is 0 Å². The topological polar surface area (TPSA) is 62.3 Å². The number of aromatic nitrogens is 1. The van der Waals surface area contributed by atoms with Crippen molar-refractivity contribution in [1.82, 2.24) is 9.88 Å². The summed E-state index contributed by atoms with van der Waals surface area (Å²) in [5.41, 5.74) is 0. The number of nitrogens with zero attached hydrogens (tertiary/aromatic N) is 2. The minimum absolute atomic E-state index is 0.0828. The van der Waals surface area contributed by atoms with Gasteiger partial charge in [0.25, 0.3) is 0 Å². The fourth-order valence-corrected chi connectivity index (χ4v) is 1.88. The Morgan fingerprint density at radius 2 is 2.00 bits per heavy atom. The van der Waals surface area contributed by atoms with Gasteiger partial charge in [0.2, 0.25) is 11.8 Å². The molecule has 1 N–H and O–H groups in total. The molecular weight excluding hydrogens is 286 g/mol. The maximum atomic E-state index is 11.3. The average Bonchev–Trinajstić information content (AvgIpc) is 2.63. The molecule has 0 aliphatic carbocycles. The number of amides is 2. The normalized spacial score (nSPS) is 15.5. The molecule has 0 spiro atoms. The third-order valence-electron chi connectivity index (χ3n) is 2.52. The molecule has 0 radical (unpaired) electrons. The number of nitrogens with one attached hydrogen (secondary N) is 1. The van der Waals surface area contributed by atoms with Crippen molar-refractivity contribution < 1.29 is 9.59 Å². The van der Waals surface area contributed by atoms with Crippen LogP contribution in [0.15, 0.2) is 22.8 Å². The van der Waals surface area contributed by atoms with Crippen LogP contribution < -0.4 is 5.32 Å². The second-order valence-electron chi connectivity index (χ2n) is 3.73. The highest BCUT2D eigenvalue weighted by molar-refractivity contribution is 9.10. The summed E-state index contributed by atoms with van der Waals surface area (Å²) in [4.78, 5) is 28.1. The van der Waals surface area contributed by atoms with Gasteiger partial charge in [-0.25, -0.2) is 4.98 Å². The molecule has 1 fully saturated rings. The Kier molecular flexibility index (Phi) is 3.73. The standard InChI is InChI=1S/C11H12BrN3O2/c12-8-1-2-9(14-7-8)13-5-6-15-10(16)3-4-11(15)17/h1-2,7H,3-6H2,(H,13,14). The van der Waals surface area contributed by atoms with Gasteiger partial charge in [-0.2, -0.15) is 0 Å². The lowest BCUT2D eigenvalue weighted by Crippen LogP contribution is -2.33. The first-order valence-electron chi connectivity index (χ1n) is 5.35. The predicted octanol–water partition coefficient (Wildman–Crippen LogP) is 1.40. The Labute approximate surface area is 107 Å².